The lowest BCUT2D eigenvalue weighted by atomic mass is 9.85. The predicted molar refractivity (Wildman–Crippen MR) is 112 cm³/mol. The number of rotatable bonds is 4. The Labute approximate surface area is 175 Å². The third-order valence-electron chi connectivity index (χ3n) is 6.48. The molecular weight excluding hydrogens is 400 g/mol. The van der Waals surface area contributed by atoms with E-state index in [1.54, 1.807) is 0 Å². The smallest absolute Gasteiger partial charge is 0.246 e. The highest BCUT2D eigenvalue weighted by molar-refractivity contribution is 7.14. The highest BCUT2D eigenvalue weighted by atomic mass is 32.1. The van der Waals surface area contributed by atoms with Crippen LogP contribution in [0, 0.1) is 23.7 Å². The van der Waals surface area contributed by atoms with E-state index in [1.807, 2.05) is 48.0 Å². The number of nitrogens with one attached hydrogen (secondary N) is 2. The second kappa shape index (κ2) is 6.37. The Hall–Kier alpha value is -3.26. The number of carbonyl (C=O) groups excluding carboxylic acids is 3. The molecule has 6 rings (SSSR count). The molecule has 0 unspecified atom stereocenters. The van der Waals surface area contributed by atoms with Crippen molar-refractivity contribution in [1.82, 2.24) is 14.9 Å². The average molecular weight is 418 g/mol. The highest BCUT2D eigenvalue weighted by Gasteiger charge is 2.59. The number of carbonyl (C=O) groups is 3. The molecule has 4 atom stereocenters. The fraction of sp³-hybridized carbons (Fsp3) is 0.273. The number of likely N-dealkylation sites (tertiary alicyclic amines) is 1. The van der Waals surface area contributed by atoms with Crippen LogP contribution in [0.1, 0.15) is 6.42 Å². The molecule has 1 saturated heterocycles. The van der Waals surface area contributed by atoms with Crippen molar-refractivity contribution in [1.29, 1.82) is 0 Å². The quantitative estimate of drug-likeness (QED) is 0.503. The number of amides is 3. The van der Waals surface area contributed by atoms with E-state index in [9.17, 15) is 14.4 Å². The van der Waals surface area contributed by atoms with E-state index in [1.165, 1.54) is 11.3 Å². The van der Waals surface area contributed by atoms with Gasteiger partial charge in [-0.25, -0.2) is 4.98 Å². The molecule has 1 saturated carbocycles. The lowest BCUT2D eigenvalue weighted by molar-refractivity contribution is -0.143. The van der Waals surface area contributed by atoms with Gasteiger partial charge < -0.3 is 10.3 Å². The number of imide groups is 1. The molecule has 0 radical (unpaired) electrons. The maximum Gasteiger partial charge on any atom is 0.246 e. The normalized spacial score (nSPS) is 26.7. The molecule has 3 heterocycles. The van der Waals surface area contributed by atoms with Gasteiger partial charge in [-0.05, 0) is 24.3 Å². The van der Waals surface area contributed by atoms with Gasteiger partial charge in [0, 0.05) is 28.0 Å². The van der Waals surface area contributed by atoms with Crippen molar-refractivity contribution in [3.63, 3.8) is 0 Å². The van der Waals surface area contributed by atoms with Crippen LogP contribution in [0.3, 0.4) is 0 Å². The topological polar surface area (TPSA) is 95.2 Å². The summed E-state index contributed by atoms with van der Waals surface area (Å²) in [6.07, 6.45) is 6.86. The molecule has 2 bridgehead atoms. The largest absolute Gasteiger partial charge is 0.360 e. The SMILES string of the molecule is O=C(CN1C(=O)[C@@H]2[C@H](C1=O)[C@H]1C=C[C@H]2C1)Nc1nc(-c2c[nH]c3ccccc23)cs1. The number of nitrogens with zero attached hydrogens (tertiary/aromatic N) is 2. The van der Waals surface area contributed by atoms with Crippen LogP contribution in [0.2, 0.25) is 0 Å². The number of allylic oxidation sites excluding steroid dienone is 2. The fourth-order valence-electron chi connectivity index (χ4n) is 5.16. The van der Waals surface area contributed by atoms with Crippen molar-refractivity contribution < 1.29 is 14.4 Å². The maximum atomic E-state index is 12.7. The predicted octanol–water partition coefficient (Wildman–Crippen LogP) is 3.04. The summed E-state index contributed by atoms with van der Waals surface area (Å²) >= 11 is 1.32. The molecule has 1 aliphatic heterocycles. The van der Waals surface area contributed by atoms with Crippen molar-refractivity contribution in [2.75, 3.05) is 11.9 Å². The number of para-hydroxylation sites is 1. The zero-order chi connectivity index (χ0) is 20.4. The van der Waals surface area contributed by atoms with Gasteiger partial charge in [0.1, 0.15) is 6.54 Å². The summed E-state index contributed by atoms with van der Waals surface area (Å²) in [5, 5.41) is 6.13. The summed E-state index contributed by atoms with van der Waals surface area (Å²) in [5.41, 5.74) is 2.74. The minimum Gasteiger partial charge on any atom is -0.360 e. The van der Waals surface area contributed by atoms with E-state index in [0.717, 1.165) is 33.5 Å². The Morgan fingerprint density at radius 3 is 2.67 bits per heavy atom. The first-order valence-electron chi connectivity index (χ1n) is 9.95. The van der Waals surface area contributed by atoms with Gasteiger partial charge >= 0.3 is 0 Å². The molecule has 3 aromatic rings. The van der Waals surface area contributed by atoms with Gasteiger partial charge in [-0.15, -0.1) is 11.3 Å². The standard InChI is InChI=1S/C22H18N4O3S/c27-17(9-26-20(28)18-11-5-6-12(7-11)19(18)21(26)29)25-22-24-16(10-30-22)14-8-23-15-4-2-1-3-13(14)15/h1-6,8,10-12,18-19,23H,7,9H2,(H,24,25,27)/t11-,12-,18-,19+/m0/s1. The van der Waals surface area contributed by atoms with E-state index < -0.39 is 5.91 Å². The zero-order valence-electron chi connectivity index (χ0n) is 15.9. The lowest BCUT2D eigenvalue weighted by Gasteiger charge is -2.16. The summed E-state index contributed by atoms with van der Waals surface area (Å²) < 4.78 is 0. The van der Waals surface area contributed by atoms with Crippen LogP contribution in [0.5, 0.6) is 0 Å². The van der Waals surface area contributed by atoms with Gasteiger partial charge in [0.15, 0.2) is 5.13 Å². The minimum atomic E-state index is -0.406. The number of hydrogen-bond acceptors (Lipinski definition) is 5. The molecule has 7 nitrogen and oxygen atoms in total. The van der Waals surface area contributed by atoms with Crippen molar-refractivity contribution in [3.8, 4) is 11.3 Å². The van der Waals surface area contributed by atoms with Gasteiger partial charge in [-0.2, -0.15) is 0 Å². The van der Waals surface area contributed by atoms with Crippen LogP contribution in [0.15, 0.2) is 48.0 Å². The van der Waals surface area contributed by atoms with E-state index in [-0.39, 0.29) is 42.0 Å². The van der Waals surface area contributed by atoms with Crippen LogP contribution in [0.4, 0.5) is 5.13 Å². The lowest BCUT2D eigenvalue weighted by Crippen LogP contribution is -2.39. The number of aromatic nitrogens is 2. The summed E-state index contributed by atoms with van der Waals surface area (Å²) in [6.45, 7) is -0.258. The second-order valence-electron chi connectivity index (χ2n) is 8.10. The van der Waals surface area contributed by atoms with Gasteiger partial charge in [0.2, 0.25) is 17.7 Å². The van der Waals surface area contributed by atoms with Crippen LogP contribution >= 0.6 is 11.3 Å². The van der Waals surface area contributed by atoms with Crippen molar-refractivity contribution in [3.05, 3.63) is 48.0 Å². The van der Waals surface area contributed by atoms with E-state index in [2.05, 4.69) is 15.3 Å². The number of anilines is 1. The zero-order valence-corrected chi connectivity index (χ0v) is 16.7. The first-order chi connectivity index (χ1) is 14.6. The van der Waals surface area contributed by atoms with Crippen LogP contribution in [0.25, 0.3) is 22.2 Å². The fourth-order valence-corrected chi connectivity index (χ4v) is 5.89. The number of fused-ring (bicyclic) bond motifs is 6. The molecule has 3 amide bonds. The summed E-state index contributed by atoms with van der Waals surface area (Å²) in [5.74, 6) is -1.12. The third-order valence-corrected chi connectivity index (χ3v) is 7.24. The van der Waals surface area contributed by atoms with Gasteiger partial charge in [0.05, 0.1) is 17.5 Å². The molecule has 150 valence electrons. The van der Waals surface area contributed by atoms with Crippen LogP contribution in [-0.4, -0.2) is 39.1 Å². The number of thiazole rings is 1. The molecule has 1 aromatic carbocycles. The summed E-state index contributed by atoms with van der Waals surface area (Å²) in [6, 6.07) is 7.94. The maximum absolute atomic E-state index is 12.7. The second-order valence-corrected chi connectivity index (χ2v) is 8.95. The van der Waals surface area contributed by atoms with E-state index >= 15 is 0 Å². The molecule has 30 heavy (non-hydrogen) atoms. The van der Waals surface area contributed by atoms with Gasteiger partial charge in [-0.1, -0.05) is 30.4 Å². The molecule has 2 N–H and O–H groups in total. The molecule has 2 aliphatic carbocycles. The van der Waals surface area contributed by atoms with Crippen molar-refractivity contribution >= 4 is 45.1 Å². The molecule has 3 aliphatic rings. The Bertz CT molecular complexity index is 1210. The number of benzene rings is 1. The number of hydrogen-bond donors (Lipinski definition) is 2. The molecule has 2 fully saturated rings. The molecule has 2 aromatic heterocycles. The number of aromatic amines is 1. The Morgan fingerprint density at radius 2 is 1.90 bits per heavy atom. The molecular formula is C22H18N4O3S. The van der Waals surface area contributed by atoms with Crippen LogP contribution in [-0.2, 0) is 14.4 Å². The summed E-state index contributed by atoms with van der Waals surface area (Å²) in [7, 11) is 0. The van der Waals surface area contributed by atoms with E-state index in [0.29, 0.717) is 5.13 Å². The van der Waals surface area contributed by atoms with Gasteiger partial charge in [-0.3, -0.25) is 19.3 Å². The average Bonchev–Trinajstić information content (AvgIpc) is 3.54. The van der Waals surface area contributed by atoms with Gasteiger partial charge in [0.25, 0.3) is 0 Å². The van der Waals surface area contributed by atoms with Crippen molar-refractivity contribution in [2.45, 2.75) is 6.42 Å². The first-order valence-corrected chi connectivity index (χ1v) is 10.8. The Balaban J connectivity index is 1.17. The van der Waals surface area contributed by atoms with Crippen LogP contribution < -0.4 is 5.32 Å². The summed E-state index contributed by atoms with van der Waals surface area (Å²) in [4.78, 5) is 46.9. The molecule has 8 heteroatoms. The highest BCUT2D eigenvalue weighted by Crippen LogP contribution is 2.52. The number of H-pyrrole nitrogens is 1. The molecule has 0 spiro atoms. The minimum absolute atomic E-state index is 0.141. The Morgan fingerprint density at radius 1 is 1.17 bits per heavy atom. The third kappa shape index (κ3) is 2.50. The Kier molecular flexibility index (Phi) is 3.73. The first kappa shape index (κ1) is 17.6. The monoisotopic (exact) mass is 418 g/mol. The van der Waals surface area contributed by atoms with E-state index in [4.69, 9.17) is 0 Å². The van der Waals surface area contributed by atoms with Crippen molar-refractivity contribution in [2.24, 2.45) is 23.7 Å².